The quantitative estimate of drug-likeness (QED) is 0.814. The fraction of sp³-hybridized carbons (Fsp3) is 0.700. The molecule has 2 saturated carbocycles. The molecule has 1 aromatic carbocycles. The van der Waals surface area contributed by atoms with Crippen LogP contribution in [-0.4, -0.2) is 6.54 Å². The summed E-state index contributed by atoms with van der Waals surface area (Å²) in [6.45, 7) is 10.2. The second kappa shape index (κ2) is 5.76. The van der Waals surface area contributed by atoms with Crippen LogP contribution in [0.4, 0.5) is 0 Å². The van der Waals surface area contributed by atoms with Crippen molar-refractivity contribution in [1.82, 2.24) is 5.32 Å². The van der Waals surface area contributed by atoms with E-state index in [0.29, 0.717) is 6.04 Å². The fourth-order valence-corrected chi connectivity index (χ4v) is 4.43. The van der Waals surface area contributed by atoms with Gasteiger partial charge in [0.05, 0.1) is 0 Å². The number of rotatable bonds is 4. The molecular formula is C20H31N. The van der Waals surface area contributed by atoms with E-state index in [1.807, 2.05) is 0 Å². The molecule has 3 atom stereocenters. The topological polar surface area (TPSA) is 12.0 Å². The van der Waals surface area contributed by atoms with Crippen molar-refractivity contribution in [2.45, 2.75) is 64.8 Å². The maximum atomic E-state index is 3.78. The van der Waals surface area contributed by atoms with Gasteiger partial charge in [-0.15, -0.1) is 0 Å². The minimum atomic E-state index is 0.250. The Labute approximate surface area is 130 Å². The lowest BCUT2D eigenvalue weighted by Gasteiger charge is -2.22. The normalized spacial score (nSPS) is 29.8. The average molecular weight is 285 g/mol. The third-order valence-electron chi connectivity index (χ3n) is 5.67. The van der Waals surface area contributed by atoms with Gasteiger partial charge in [-0.2, -0.15) is 0 Å². The smallest absolute Gasteiger partial charge is 0.0354 e. The first-order chi connectivity index (χ1) is 10.0. The predicted molar refractivity (Wildman–Crippen MR) is 90.5 cm³/mol. The van der Waals surface area contributed by atoms with Crippen molar-refractivity contribution in [1.29, 1.82) is 0 Å². The third-order valence-corrected chi connectivity index (χ3v) is 5.67. The molecule has 1 aromatic rings. The van der Waals surface area contributed by atoms with Crippen molar-refractivity contribution >= 4 is 0 Å². The summed E-state index contributed by atoms with van der Waals surface area (Å²) in [6.07, 6.45) is 5.85. The van der Waals surface area contributed by atoms with E-state index >= 15 is 0 Å². The molecule has 1 N–H and O–H groups in total. The third kappa shape index (κ3) is 3.04. The van der Waals surface area contributed by atoms with E-state index in [0.717, 1.165) is 24.3 Å². The van der Waals surface area contributed by atoms with Gasteiger partial charge >= 0.3 is 0 Å². The minimum absolute atomic E-state index is 0.250. The van der Waals surface area contributed by atoms with Crippen LogP contribution in [0.25, 0.3) is 0 Å². The minimum Gasteiger partial charge on any atom is -0.310 e. The molecule has 1 nitrogen and oxygen atoms in total. The van der Waals surface area contributed by atoms with Gasteiger partial charge in [-0.1, -0.05) is 64.8 Å². The van der Waals surface area contributed by atoms with Crippen molar-refractivity contribution < 1.29 is 0 Å². The van der Waals surface area contributed by atoms with Gasteiger partial charge in [-0.3, -0.25) is 0 Å². The highest BCUT2D eigenvalue weighted by atomic mass is 14.9. The lowest BCUT2D eigenvalue weighted by molar-refractivity contribution is 0.456. The molecule has 3 unspecified atom stereocenters. The molecule has 116 valence electrons. The Hall–Kier alpha value is -0.820. The highest BCUT2D eigenvalue weighted by Gasteiger charge is 2.54. The molecule has 0 amide bonds. The summed E-state index contributed by atoms with van der Waals surface area (Å²) in [4.78, 5) is 0. The van der Waals surface area contributed by atoms with Crippen LogP contribution in [0.2, 0.25) is 0 Å². The number of benzene rings is 1. The Kier molecular flexibility index (Phi) is 4.14. The molecule has 0 aromatic heterocycles. The second-order valence-electron chi connectivity index (χ2n) is 8.10. The molecule has 0 spiro atoms. The van der Waals surface area contributed by atoms with Crippen LogP contribution in [0.1, 0.15) is 70.5 Å². The SMILES string of the molecule is CCNC(c1ccc(C(C)(C)C)cc1)C1C2CCCCC21. The van der Waals surface area contributed by atoms with Crippen LogP contribution in [0.3, 0.4) is 0 Å². The zero-order valence-corrected chi connectivity index (χ0v) is 14.2. The van der Waals surface area contributed by atoms with E-state index in [2.05, 4.69) is 57.3 Å². The first kappa shape index (κ1) is 15.1. The van der Waals surface area contributed by atoms with Crippen LogP contribution in [-0.2, 0) is 5.41 Å². The molecule has 3 rings (SSSR count). The van der Waals surface area contributed by atoms with Gasteiger partial charge in [-0.05, 0) is 53.7 Å². The Morgan fingerprint density at radius 2 is 1.62 bits per heavy atom. The Bertz CT molecular complexity index is 456. The zero-order chi connectivity index (χ0) is 15.0. The number of hydrogen-bond donors (Lipinski definition) is 1. The van der Waals surface area contributed by atoms with Crippen molar-refractivity contribution in [3.05, 3.63) is 35.4 Å². The van der Waals surface area contributed by atoms with E-state index in [4.69, 9.17) is 0 Å². The molecule has 0 saturated heterocycles. The van der Waals surface area contributed by atoms with E-state index in [-0.39, 0.29) is 5.41 Å². The van der Waals surface area contributed by atoms with E-state index in [9.17, 15) is 0 Å². The van der Waals surface area contributed by atoms with Gasteiger partial charge in [-0.25, -0.2) is 0 Å². The summed E-state index contributed by atoms with van der Waals surface area (Å²) in [7, 11) is 0. The molecule has 21 heavy (non-hydrogen) atoms. The van der Waals surface area contributed by atoms with Crippen molar-refractivity contribution in [3.8, 4) is 0 Å². The molecule has 0 aliphatic heterocycles. The fourth-order valence-electron chi connectivity index (χ4n) is 4.43. The Balaban J connectivity index is 1.78. The van der Waals surface area contributed by atoms with Gasteiger partial charge in [0.25, 0.3) is 0 Å². The van der Waals surface area contributed by atoms with E-state index in [1.165, 1.54) is 36.8 Å². The highest BCUT2D eigenvalue weighted by molar-refractivity contribution is 5.31. The van der Waals surface area contributed by atoms with Crippen LogP contribution < -0.4 is 5.32 Å². The monoisotopic (exact) mass is 285 g/mol. The second-order valence-corrected chi connectivity index (χ2v) is 8.10. The first-order valence-corrected chi connectivity index (χ1v) is 8.86. The van der Waals surface area contributed by atoms with Gasteiger partial charge in [0.15, 0.2) is 0 Å². The van der Waals surface area contributed by atoms with Crippen LogP contribution in [0.15, 0.2) is 24.3 Å². The zero-order valence-electron chi connectivity index (χ0n) is 14.2. The standard InChI is InChI=1S/C20H31N/c1-5-21-19(18-16-8-6-7-9-17(16)18)14-10-12-15(13-11-14)20(2,3)4/h10-13,16-19,21H,5-9H2,1-4H3. The predicted octanol–water partition coefficient (Wildman–Crippen LogP) is 5.07. The lowest BCUT2D eigenvalue weighted by Crippen LogP contribution is -2.24. The summed E-state index contributed by atoms with van der Waals surface area (Å²) in [5.74, 6) is 2.91. The average Bonchev–Trinajstić information content (AvgIpc) is 3.18. The maximum Gasteiger partial charge on any atom is 0.0354 e. The lowest BCUT2D eigenvalue weighted by atomic mass is 9.86. The van der Waals surface area contributed by atoms with Crippen molar-refractivity contribution in [2.24, 2.45) is 17.8 Å². The first-order valence-electron chi connectivity index (χ1n) is 8.86. The van der Waals surface area contributed by atoms with E-state index in [1.54, 1.807) is 0 Å². The van der Waals surface area contributed by atoms with Crippen LogP contribution in [0.5, 0.6) is 0 Å². The summed E-state index contributed by atoms with van der Waals surface area (Å²) in [5, 5.41) is 3.78. The summed E-state index contributed by atoms with van der Waals surface area (Å²) in [6, 6.07) is 10.0. The number of nitrogens with one attached hydrogen (secondary N) is 1. The van der Waals surface area contributed by atoms with Crippen molar-refractivity contribution in [3.63, 3.8) is 0 Å². The molecule has 0 bridgehead atoms. The summed E-state index contributed by atoms with van der Waals surface area (Å²) < 4.78 is 0. The Morgan fingerprint density at radius 1 is 1.05 bits per heavy atom. The molecular weight excluding hydrogens is 254 g/mol. The van der Waals surface area contributed by atoms with Gasteiger partial charge in [0.1, 0.15) is 0 Å². The van der Waals surface area contributed by atoms with Crippen LogP contribution in [0, 0.1) is 17.8 Å². The Morgan fingerprint density at radius 3 is 2.10 bits per heavy atom. The molecule has 0 radical (unpaired) electrons. The summed E-state index contributed by atoms with van der Waals surface area (Å²) >= 11 is 0. The van der Waals surface area contributed by atoms with Gasteiger partial charge < -0.3 is 5.32 Å². The number of hydrogen-bond acceptors (Lipinski definition) is 1. The molecule has 2 fully saturated rings. The van der Waals surface area contributed by atoms with Gasteiger partial charge in [0, 0.05) is 6.04 Å². The number of fused-ring (bicyclic) bond motifs is 1. The van der Waals surface area contributed by atoms with Crippen LogP contribution >= 0.6 is 0 Å². The largest absolute Gasteiger partial charge is 0.310 e. The highest BCUT2D eigenvalue weighted by Crippen LogP contribution is 2.60. The molecule has 2 aliphatic rings. The molecule has 2 aliphatic carbocycles. The van der Waals surface area contributed by atoms with E-state index < -0.39 is 0 Å². The summed E-state index contributed by atoms with van der Waals surface area (Å²) in [5.41, 5.74) is 3.19. The molecule has 1 heteroatoms. The molecule has 0 heterocycles. The van der Waals surface area contributed by atoms with Gasteiger partial charge in [0.2, 0.25) is 0 Å². The van der Waals surface area contributed by atoms with Crippen molar-refractivity contribution in [2.75, 3.05) is 6.54 Å². The maximum absolute atomic E-state index is 3.78.